The monoisotopic (exact) mass is 469 g/mol. The van der Waals surface area contributed by atoms with Crippen LogP contribution in [0.3, 0.4) is 0 Å². The van der Waals surface area contributed by atoms with Crippen LogP contribution in [0.1, 0.15) is 26.0 Å². The molecular weight excluding hydrogens is 441 g/mol. The summed E-state index contributed by atoms with van der Waals surface area (Å²) < 4.78 is 24.7. The molecule has 9 heteroatoms. The Morgan fingerprint density at radius 3 is 2.62 bits per heavy atom. The van der Waals surface area contributed by atoms with Crippen LogP contribution in [-0.2, 0) is 16.6 Å². The van der Waals surface area contributed by atoms with E-state index in [1.165, 1.54) is 4.31 Å². The SMILES string of the molecule is CCNC(=NCc1ccccn1)NCCCN(C)S(=O)(=O)CC.I. The molecule has 0 aliphatic carbocycles. The Balaban J connectivity index is 0.00000529. The molecule has 0 aliphatic rings. The fourth-order valence-corrected chi connectivity index (χ4v) is 2.71. The van der Waals surface area contributed by atoms with E-state index >= 15 is 0 Å². The van der Waals surface area contributed by atoms with E-state index in [1.54, 1.807) is 20.2 Å². The van der Waals surface area contributed by atoms with Crippen molar-refractivity contribution in [3.05, 3.63) is 30.1 Å². The van der Waals surface area contributed by atoms with Crippen LogP contribution in [0.15, 0.2) is 29.4 Å². The maximum atomic E-state index is 11.7. The van der Waals surface area contributed by atoms with Gasteiger partial charge in [-0.2, -0.15) is 0 Å². The van der Waals surface area contributed by atoms with E-state index in [2.05, 4.69) is 20.6 Å². The number of guanidine groups is 1. The smallest absolute Gasteiger partial charge is 0.213 e. The zero-order valence-electron chi connectivity index (χ0n) is 14.5. The number of sulfonamides is 1. The van der Waals surface area contributed by atoms with Gasteiger partial charge in [0.1, 0.15) is 0 Å². The first-order valence-electron chi connectivity index (χ1n) is 7.85. The molecule has 0 atom stereocenters. The van der Waals surface area contributed by atoms with Gasteiger partial charge in [-0.25, -0.2) is 17.7 Å². The Bertz CT molecular complexity index is 581. The molecule has 0 amide bonds. The van der Waals surface area contributed by atoms with Crippen molar-refractivity contribution in [1.82, 2.24) is 19.9 Å². The Kier molecular flexibility index (Phi) is 11.9. The topological polar surface area (TPSA) is 86.7 Å². The van der Waals surface area contributed by atoms with Gasteiger partial charge < -0.3 is 10.6 Å². The van der Waals surface area contributed by atoms with Crippen molar-refractivity contribution in [2.24, 2.45) is 4.99 Å². The Hall–Kier alpha value is -0.940. The summed E-state index contributed by atoms with van der Waals surface area (Å²) in [6, 6.07) is 5.73. The van der Waals surface area contributed by atoms with Crippen LogP contribution in [-0.4, -0.2) is 56.1 Å². The largest absolute Gasteiger partial charge is 0.357 e. The van der Waals surface area contributed by atoms with Gasteiger partial charge in [-0.05, 0) is 32.4 Å². The fraction of sp³-hybridized carbons (Fsp3) is 0.600. The molecule has 0 saturated carbocycles. The van der Waals surface area contributed by atoms with Crippen LogP contribution < -0.4 is 10.6 Å². The first-order valence-corrected chi connectivity index (χ1v) is 9.46. The third-order valence-corrected chi connectivity index (χ3v) is 5.11. The summed E-state index contributed by atoms with van der Waals surface area (Å²) in [5.41, 5.74) is 0.901. The van der Waals surface area contributed by atoms with Crippen molar-refractivity contribution in [2.45, 2.75) is 26.8 Å². The van der Waals surface area contributed by atoms with Crippen molar-refractivity contribution < 1.29 is 8.42 Å². The molecule has 0 bridgehead atoms. The lowest BCUT2D eigenvalue weighted by molar-refractivity contribution is 0.461. The maximum absolute atomic E-state index is 11.7. The predicted molar refractivity (Wildman–Crippen MR) is 109 cm³/mol. The molecule has 2 N–H and O–H groups in total. The third-order valence-electron chi connectivity index (χ3n) is 3.25. The predicted octanol–water partition coefficient (Wildman–Crippen LogP) is 1.43. The number of hydrogen-bond donors (Lipinski definition) is 2. The van der Waals surface area contributed by atoms with Gasteiger partial charge in [0.05, 0.1) is 18.0 Å². The standard InChI is InChI=1S/C15H27N5O2S.HI/c1-4-16-15(19-13-14-9-6-7-10-17-14)18-11-8-12-20(3)23(21,22)5-2;/h6-7,9-10H,4-5,8,11-13H2,1-3H3,(H2,16,18,19);1H. The van der Waals surface area contributed by atoms with E-state index in [-0.39, 0.29) is 29.7 Å². The first-order chi connectivity index (χ1) is 11.0. The van der Waals surface area contributed by atoms with Crippen molar-refractivity contribution in [2.75, 3.05) is 32.4 Å². The highest BCUT2D eigenvalue weighted by Crippen LogP contribution is 1.98. The van der Waals surface area contributed by atoms with Crippen LogP contribution in [0, 0.1) is 0 Å². The highest BCUT2D eigenvalue weighted by atomic mass is 127. The number of nitrogens with one attached hydrogen (secondary N) is 2. The van der Waals surface area contributed by atoms with Gasteiger partial charge in [0.2, 0.25) is 10.0 Å². The number of aliphatic imine (C=N–C) groups is 1. The second-order valence-electron chi connectivity index (χ2n) is 5.02. The van der Waals surface area contributed by atoms with E-state index in [0.717, 1.165) is 12.2 Å². The van der Waals surface area contributed by atoms with E-state index in [0.29, 0.717) is 32.0 Å². The molecule has 0 radical (unpaired) electrons. The molecule has 0 aliphatic heterocycles. The molecule has 0 aromatic carbocycles. The van der Waals surface area contributed by atoms with Gasteiger partial charge in [0, 0.05) is 32.9 Å². The average Bonchev–Trinajstić information content (AvgIpc) is 2.57. The third kappa shape index (κ3) is 8.78. The number of halogens is 1. The summed E-state index contributed by atoms with van der Waals surface area (Å²) in [6.45, 7) is 6.05. The van der Waals surface area contributed by atoms with Crippen LogP contribution in [0.4, 0.5) is 0 Å². The van der Waals surface area contributed by atoms with Crippen LogP contribution in [0.2, 0.25) is 0 Å². The molecule has 1 rings (SSSR count). The van der Waals surface area contributed by atoms with Gasteiger partial charge in [-0.3, -0.25) is 4.98 Å². The molecule has 0 spiro atoms. The summed E-state index contributed by atoms with van der Waals surface area (Å²) in [4.78, 5) is 8.70. The number of nitrogens with zero attached hydrogens (tertiary/aromatic N) is 3. The van der Waals surface area contributed by atoms with Crippen molar-refractivity contribution in [3.63, 3.8) is 0 Å². The number of pyridine rings is 1. The Morgan fingerprint density at radius 1 is 1.29 bits per heavy atom. The van der Waals surface area contributed by atoms with Crippen molar-refractivity contribution >= 4 is 40.0 Å². The second kappa shape index (κ2) is 12.4. The molecule has 0 fully saturated rings. The Labute approximate surface area is 162 Å². The Morgan fingerprint density at radius 2 is 2.04 bits per heavy atom. The molecule has 0 unspecified atom stereocenters. The molecule has 138 valence electrons. The lowest BCUT2D eigenvalue weighted by Crippen LogP contribution is -2.39. The number of aromatic nitrogens is 1. The minimum absolute atomic E-state index is 0. The molecule has 0 saturated heterocycles. The lowest BCUT2D eigenvalue weighted by atomic mass is 10.3. The van der Waals surface area contributed by atoms with Crippen LogP contribution >= 0.6 is 24.0 Å². The number of hydrogen-bond acceptors (Lipinski definition) is 4. The molecule has 1 aromatic rings. The van der Waals surface area contributed by atoms with Gasteiger partial charge in [-0.1, -0.05) is 6.07 Å². The van der Waals surface area contributed by atoms with Gasteiger partial charge >= 0.3 is 0 Å². The van der Waals surface area contributed by atoms with Crippen LogP contribution in [0.5, 0.6) is 0 Å². The zero-order chi connectivity index (χ0) is 17.1. The van der Waals surface area contributed by atoms with Crippen molar-refractivity contribution in [1.29, 1.82) is 0 Å². The maximum Gasteiger partial charge on any atom is 0.213 e. The normalized spacial score (nSPS) is 11.9. The van der Waals surface area contributed by atoms with E-state index in [4.69, 9.17) is 0 Å². The molecule has 7 nitrogen and oxygen atoms in total. The summed E-state index contributed by atoms with van der Waals surface area (Å²) >= 11 is 0. The van der Waals surface area contributed by atoms with Gasteiger partial charge in [0.15, 0.2) is 5.96 Å². The van der Waals surface area contributed by atoms with E-state index in [9.17, 15) is 8.42 Å². The second-order valence-corrected chi connectivity index (χ2v) is 7.38. The average molecular weight is 469 g/mol. The van der Waals surface area contributed by atoms with E-state index < -0.39 is 10.0 Å². The summed E-state index contributed by atoms with van der Waals surface area (Å²) in [5, 5.41) is 6.37. The summed E-state index contributed by atoms with van der Waals surface area (Å²) in [6.07, 6.45) is 2.46. The molecular formula is C15H28IN5O2S. The summed E-state index contributed by atoms with van der Waals surface area (Å²) in [7, 11) is -1.49. The lowest BCUT2D eigenvalue weighted by Gasteiger charge is -2.16. The zero-order valence-corrected chi connectivity index (χ0v) is 17.7. The van der Waals surface area contributed by atoms with Gasteiger partial charge in [-0.15, -0.1) is 24.0 Å². The van der Waals surface area contributed by atoms with Gasteiger partial charge in [0.25, 0.3) is 0 Å². The summed E-state index contributed by atoms with van der Waals surface area (Å²) in [5.74, 6) is 0.838. The number of rotatable bonds is 9. The fourth-order valence-electron chi connectivity index (χ4n) is 1.86. The minimum Gasteiger partial charge on any atom is -0.357 e. The highest BCUT2D eigenvalue weighted by molar-refractivity contribution is 14.0. The van der Waals surface area contributed by atoms with Crippen LogP contribution in [0.25, 0.3) is 0 Å². The van der Waals surface area contributed by atoms with E-state index in [1.807, 2.05) is 25.1 Å². The molecule has 24 heavy (non-hydrogen) atoms. The first kappa shape index (κ1) is 23.1. The molecule has 1 aromatic heterocycles. The minimum atomic E-state index is -3.10. The van der Waals surface area contributed by atoms with Crippen molar-refractivity contribution in [3.8, 4) is 0 Å². The molecule has 1 heterocycles. The quantitative estimate of drug-likeness (QED) is 0.247. The highest BCUT2D eigenvalue weighted by Gasteiger charge is 2.13.